The van der Waals surface area contributed by atoms with Crippen LogP contribution in [0, 0.1) is 24.3 Å². The molecule has 0 saturated carbocycles. The number of nitrogens with zero attached hydrogens (tertiary/aromatic N) is 3. The molecule has 0 atom stereocenters. The molecule has 0 aliphatic rings. The Kier molecular flexibility index (Phi) is 5.24. The van der Waals surface area contributed by atoms with Gasteiger partial charge >= 0.3 is 0 Å². The summed E-state index contributed by atoms with van der Waals surface area (Å²) in [6.07, 6.45) is 0. The van der Waals surface area contributed by atoms with Gasteiger partial charge in [-0.25, -0.2) is 9.67 Å². The monoisotopic (exact) mass is 480 g/mol. The number of carbonyl (C=O) groups excluding carboxylic acids is 1. The molecule has 0 aliphatic heterocycles. The molecule has 6 nitrogen and oxygen atoms in total. The molecule has 26 heavy (non-hydrogen) atoms. The Bertz CT molecular complexity index is 1070. The highest BCUT2D eigenvalue weighted by atomic mass is 127. The molecule has 1 aromatic carbocycles. The summed E-state index contributed by atoms with van der Waals surface area (Å²) >= 11 is 3.42. The fraction of sp³-hybridized carbons (Fsp3) is 0.222. The lowest BCUT2D eigenvalue weighted by Crippen LogP contribution is -2.23. The summed E-state index contributed by atoms with van der Waals surface area (Å²) in [4.78, 5) is 30.2. The molecule has 0 aliphatic carbocycles. The molecule has 0 radical (unpaired) electrons. The minimum atomic E-state index is -0.228. The molecule has 134 valence electrons. The summed E-state index contributed by atoms with van der Waals surface area (Å²) in [5, 5.41) is 7.62. The second-order valence-corrected chi connectivity index (χ2v) is 8.16. The molecule has 0 spiro atoms. The number of benzene rings is 1. The summed E-state index contributed by atoms with van der Waals surface area (Å²) in [6, 6.07) is 7.57. The van der Waals surface area contributed by atoms with Crippen molar-refractivity contribution in [2.45, 2.75) is 20.8 Å². The van der Waals surface area contributed by atoms with E-state index in [1.54, 1.807) is 14.0 Å². The second kappa shape index (κ2) is 7.28. The van der Waals surface area contributed by atoms with Crippen LogP contribution in [0.3, 0.4) is 0 Å². The van der Waals surface area contributed by atoms with E-state index in [9.17, 15) is 9.59 Å². The number of anilines is 1. The molecule has 1 amide bonds. The average molecular weight is 480 g/mol. The zero-order valence-electron chi connectivity index (χ0n) is 14.8. The molecule has 1 N–H and O–H groups in total. The summed E-state index contributed by atoms with van der Waals surface area (Å²) in [6.45, 7) is 5.47. The maximum absolute atomic E-state index is 12.7. The Balaban J connectivity index is 2.00. The predicted molar refractivity (Wildman–Crippen MR) is 112 cm³/mol. The number of rotatable bonds is 3. The van der Waals surface area contributed by atoms with Crippen LogP contribution in [0.15, 0.2) is 29.1 Å². The number of aromatic nitrogens is 3. The van der Waals surface area contributed by atoms with Crippen molar-refractivity contribution >= 4 is 45.5 Å². The van der Waals surface area contributed by atoms with E-state index in [0.717, 1.165) is 20.5 Å². The second-order valence-electron chi connectivity index (χ2n) is 5.91. The number of hydrogen-bond acceptors (Lipinski definition) is 5. The van der Waals surface area contributed by atoms with E-state index >= 15 is 0 Å². The van der Waals surface area contributed by atoms with E-state index in [1.165, 1.54) is 16.0 Å². The van der Waals surface area contributed by atoms with Crippen LogP contribution < -0.4 is 10.9 Å². The summed E-state index contributed by atoms with van der Waals surface area (Å²) in [5.41, 5.74) is 3.16. The Morgan fingerprint density at radius 3 is 2.65 bits per heavy atom. The van der Waals surface area contributed by atoms with Gasteiger partial charge in [0, 0.05) is 16.3 Å². The normalized spacial score (nSPS) is 10.8. The third-order valence-corrected chi connectivity index (χ3v) is 5.87. The lowest BCUT2D eigenvalue weighted by molar-refractivity contribution is 0.103. The number of aryl methyl sites for hydroxylation is 3. The Morgan fingerprint density at radius 1 is 1.23 bits per heavy atom. The molecular formula is C18H17IN4O2S. The number of thiazole rings is 1. The van der Waals surface area contributed by atoms with Gasteiger partial charge in [-0.3, -0.25) is 9.59 Å². The molecule has 0 saturated heterocycles. The van der Waals surface area contributed by atoms with Gasteiger partial charge in [0.2, 0.25) is 0 Å². The van der Waals surface area contributed by atoms with E-state index in [4.69, 9.17) is 0 Å². The van der Waals surface area contributed by atoms with Gasteiger partial charge in [-0.05, 0) is 67.1 Å². The van der Waals surface area contributed by atoms with E-state index < -0.39 is 0 Å². The van der Waals surface area contributed by atoms with Gasteiger partial charge in [-0.1, -0.05) is 6.07 Å². The predicted octanol–water partition coefficient (Wildman–Crippen LogP) is 3.69. The van der Waals surface area contributed by atoms with Gasteiger partial charge < -0.3 is 5.32 Å². The molecule has 3 aromatic rings. The molecule has 0 fully saturated rings. The summed E-state index contributed by atoms with van der Waals surface area (Å²) in [7, 11) is 1.61. The molecule has 0 bridgehead atoms. The first-order valence-corrected chi connectivity index (χ1v) is 9.76. The van der Waals surface area contributed by atoms with Crippen LogP contribution in [0.1, 0.15) is 26.6 Å². The fourth-order valence-corrected chi connectivity index (χ4v) is 4.17. The van der Waals surface area contributed by atoms with Crippen LogP contribution in [-0.4, -0.2) is 20.7 Å². The number of halogens is 1. The Labute approximate surface area is 168 Å². The van der Waals surface area contributed by atoms with E-state index in [0.29, 0.717) is 21.1 Å². The first-order valence-electron chi connectivity index (χ1n) is 7.87. The zero-order valence-corrected chi connectivity index (χ0v) is 17.7. The highest BCUT2D eigenvalue weighted by Gasteiger charge is 2.21. The van der Waals surface area contributed by atoms with Crippen molar-refractivity contribution in [2.24, 2.45) is 7.05 Å². The van der Waals surface area contributed by atoms with Crippen molar-refractivity contribution in [1.82, 2.24) is 14.8 Å². The first kappa shape index (κ1) is 18.7. The number of amides is 1. The Hall–Kier alpha value is -2.07. The molecule has 0 unspecified atom stereocenters. The summed E-state index contributed by atoms with van der Waals surface area (Å²) < 4.78 is 2.34. The van der Waals surface area contributed by atoms with Gasteiger partial charge in [0.25, 0.3) is 11.5 Å². The van der Waals surface area contributed by atoms with Crippen LogP contribution in [0.2, 0.25) is 0 Å². The van der Waals surface area contributed by atoms with Gasteiger partial charge in [-0.2, -0.15) is 5.10 Å². The van der Waals surface area contributed by atoms with Crippen molar-refractivity contribution in [3.05, 3.63) is 60.0 Å². The largest absolute Gasteiger partial charge is 0.321 e. The van der Waals surface area contributed by atoms with E-state index in [2.05, 4.69) is 38.0 Å². The first-order chi connectivity index (χ1) is 12.3. The maximum Gasteiger partial charge on any atom is 0.277 e. The Morgan fingerprint density at radius 2 is 1.96 bits per heavy atom. The highest BCUT2D eigenvalue weighted by Crippen LogP contribution is 2.29. The fourth-order valence-electron chi connectivity index (χ4n) is 2.57. The van der Waals surface area contributed by atoms with Crippen molar-refractivity contribution < 1.29 is 4.79 Å². The topological polar surface area (TPSA) is 76.9 Å². The van der Waals surface area contributed by atoms with Crippen LogP contribution >= 0.6 is 33.9 Å². The number of hydrogen-bond donors (Lipinski definition) is 1. The number of nitrogens with one attached hydrogen (secondary N) is 1. The molecular weight excluding hydrogens is 463 g/mol. The molecule has 8 heteroatoms. The van der Waals surface area contributed by atoms with Crippen molar-refractivity contribution in [3.8, 4) is 10.6 Å². The third-order valence-electron chi connectivity index (χ3n) is 4.02. The van der Waals surface area contributed by atoms with Crippen molar-refractivity contribution in [3.63, 3.8) is 0 Å². The van der Waals surface area contributed by atoms with Crippen LogP contribution in [-0.2, 0) is 7.05 Å². The average Bonchev–Trinajstić information content (AvgIpc) is 2.95. The molecule has 2 heterocycles. The zero-order chi connectivity index (χ0) is 19.0. The van der Waals surface area contributed by atoms with Crippen LogP contribution in [0.4, 0.5) is 5.69 Å². The van der Waals surface area contributed by atoms with Crippen LogP contribution in [0.5, 0.6) is 0 Å². The standard InChI is InChI=1S/C18H17IN4O2S/c1-9-10(2)22-23(4)18(25)14(9)17-20-11(3)15(26-17)16(24)21-13-7-5-6-12(19)8-13/h5-8H,1-4H3,(H,21,24). The van der Waals surface area contributed by atoms with Crippen LogP contribution in [0.25, 0.3) is 10.6 Å². The SMILES string of the molecule is Cc1nc(-c2c(C)c(C)nn(C)c2=O)sc1C(=O)Nc1cccc(I)c1. The molecule has 2 aromatic heterocycles. The lowest BCUT2D eigenvalue weighted by Gasteiger charge is -2.07. The maximum atomic E-state index is 12.7. The minimum absolute atomic E-state index is 0.216. The molecule has 3 rings (SSSR count). The number of carbonyl (C=O) groups is 1. The van der Waals surface area contributed by atoms with Gasteiger partial charge in [-0.15, -0.1) is 11.3 Å². The summed E-state index contributed by atoms with van der Waals surface area (Å²) in [5.74, 6) is -0.228. The lowest BCUT2D eigenvalue weighted by atomic mass is 10.1. The van der Waals surface area contributed by atoms with Gasteiger partial charge in [0.15, 0.2) is 0 Å². The smallest absolute Gasteiger partial charge is 0.277 e. The highest BCUT2D eigenvalue weighted by molar-refractivity contribution is 14.1. The van der Waals surface area contributed by atoms with Gasteiger partial charge in [0.05, 0.1) is 17.0 Å². The quantitative estimate of drug-likeness (QED) is 0.581. The van der Waals surface area contributed by atoms with E-state index in [-0.39, 0.29) is 11.5 Å². The third kappa shape index (κ3) is 3.56. The minimum Gasteiger partial charge on any atom is -0.321 e. The van der Waals surface area contributed by atoms with Gasteiger partial charge in [0.1, 0.15) is 9.88 Å². The van der Waals surface area contributed by atoms with Crippen molar-refractivity contribution in [1.29, 1.82) is 0 Å². The van der Waals surface area contributed by atoms with E-state index in [1.807, 2.05) is 38.1 Å². The van der Waals surface area contributed by atoms with Crippen molar-refractivity contribution in [2.75, 3.05) is 5.32 Å².